The molecule has 222 valence electrons. The third-order valence-electron chi connectivity index (χ3n) is 10.2. The fraction of sp³-hybridized carbons (Fsp3) is 0.0698. The quantitative estimate of drug-likeness (QED) is 0.184. The number of hydrogen-bond acceptors (Lipinski definition) is 3. The molecule has 4 aromatic heterocycles. The first-order valence-corrected chi connectivity index (χ1v) is 17.9. The molecule has 1 aliphatic carbocycles. The second-order valence-corrected chi connectivity index (χ2v) is 15.0. The van der Waals surface area contributed by atoms with Gasteiger partial charge in [-0.25, -0.2) is 0 Å². The van der Waals surface area contributed by atoms with Gasteiger partial charge in [0, 0.05) is 57.5 Å². The van der Waals surface area contributed by atoms with E-state index in [0.717, 1.165) is 17.6 Å². The first-order valence-electron chi connectivity index (χ1n) is 16.2. The summed E-state index contributed by atoms with van der Waals surface area (Å²) in [6, 6.07) is 42.2. The molecule has 10 aromatic rings. The molecule has 11 rings (SSSR count). The summed E-state index contributed by atoms with van der Waals surface area (Å²) in [4.78, 5) is 0. The molecule has 4 heteroatoms. The minimum absolute atomic E-state index is 0.397. The summed E-state index contributed by atoms with van der Waals surface area (Å²) >= 11 is 3.76. The lowest BCUT2D eigenvalue weighted by Gasteiger charge is -2.17. The van der Waals surface area contributed by atoms with Gasteiger partial charge in [0.1, 0.15) is 11.2 Å². The molecule has 4 heterocycles. The Morgan fingerprint density at radius 2 is 1.34 bits per heavy atom. The summed E-state index contributed by atoms with van der Waals surface area (Å²) in [5, 5.41) is 8.94. The van der Waals surface area contributed by atoms with Crippen molar-refractivity contribution in [3.05, 3.63) is 133 Å². The molecule has 0 bridgehead atoms. The van der Waals surface area contributed by atoms with Gasteiger partial charge in [-0.05, 0) is 77.6 Å². The van der Waals surface area contributed by atoms with Gasteiger partial charge in [0.2, 0.25) is 0 Å². The fourth-order valence-corrected chi connectivity index (χ4v) is 10.5. The monoisotopic (exact) mass is 637 g/mol. The zero-order valence-electron chi connectivity index (χ0n) is 25.6. The Hall–Kier alpha value is -5.16. The van der Waals surface area contributed by atoms with Crippen molar-refractivity contribution in [2.75, 3.05) is 0 Å². The van der Waals surface area contributed by atoms with Crippen LogP contribution in [-0.4, -0.2) is 4.57 Å². The number of aromatic nitrogens is 1. The van der Waals surface area contributed by atoms with Crippen molar-refractivity contribution in [2.45, 2.75) is 19.3 Å². The van der Waals surface area contributed by atoms with Gasteiger partial charge in [0.05, 0.1) is 15.9 Å². The van der Waals surface area contributed by atoms with Crippen molar-refractivity contribution in [3.8, 4) is 16.8 Å². The van der Waals surface area contributed by atoms with Crippen molar-refractivity contribution in [3.63, 3.8) is 0 Å². The first kappa shape index (κ1) is 26.0. The van der Waals surface area contributed by atoms with E-state index in [1.54, 1.807) is 0 Å². The molecule has 1 atom stereocenters. The molecule has 47 heavy (non-hydrogen) atoms. The predicted molar refractivity (Wildman–Crippen MR) is 204 cm³/mol. The standard InChI is InChI=1S/C43H27NOS2/c1-24-9-8-13-32-37(24)40-38-29-11-2-5-14-33(29)45-42(38)39-30-12-4-7-16-35(30)47-43(39)41(40)44(32)27-20-17-25(18-21-27)26-19-22-36-31(23-26)28-10-3-6-15-34(28)46-36/h2-8,10-24H,9H2,1H3. The highest BCUT2D eigenvalue weighted by Gasteiger charge is 2.30. The van der Waals surface area contributed by atoms with Crippen LogP contribution in [0.25, 0.3) is 96.1 Å². The Morgan fingerprint density at radius 3 is 2.19 bits per heavy atom. The van der Waals surface area contributed by atoms with Crippen molar-refractivity contribution >= 4 is 102 Å². The van der Waals surface area contributed by atoms with Crippen molar-refractivity contribution in [1.82, 2.24) is 4.57 Å². The largest absolute Gasteiger partial charge is 0.455 e. The van der Waals surface area contributed by atoms with Crippen LogP contribution in [0.4, 0.5) is 0 Å². The summed E-state index contributed by atoms with van der Waals surface area (Å²) in [5.41, 5.74) is 9.64. The molecule has 0 radical (unpaired) electrons. The SMILES string of the molecule is CC1CC=Cc2c1c1c3c4ccccc4oc3c3c4ccccc4sc3c1n2-c1ccc(-c2ccc3sc4ccccc4c3c2)cc1. The van der Waals surface area contributed by atoms with E-state index in [1.165, 1.54) is 90.1 Å². The lowest BCUT2D eigenvalue weighted by atomic mass is 9.89. The summed E-state index contributed by atoms with van der Waals surface area (Å²) in [6.07, 6.45) is 5.74. The minimum Gasteiger partial charge on any atom is -0.455 e. The molecule has 0 N–H and O–H groups in total. The number of hydrogen-bond donors (Lipinski definition) is 0. The van der Waals surface area contributed by atoms with E-state index in [-0.39, 0.29) is 0 Å². The van der Waals surface area contributed by atoms with Gasteiger partial charge in [-0.2, -0.15) is 0 Å². The number of fused-ring (bicyclic) bond motifs is 15. The average molecular weight is 638 g/mol. The van der Waals surface area contributed by atoms with E-state index in [9.17, 15) is 0 Å². The zero-order chi connectivity index (χ0) is 30.8. The van der Waals surface area contributed by atoms with Crippen LogP contribution < -0.4 is 0 Å². The van der Waals surface area contributed by atoms with E-state index in [2.05, 4.69) is 139 Å². The number of para-hydroxylation sites is 1. The van der Waals surface area contributed by atoms with E-state index in [0.29, 0.717) is 5.92 Å². The third kappa shape index (κ3) is 3.49. The molecule has 0 saturated carbocycles. The second kappa shape index (κ2) is 9.45. The minimum atomic E-state index is 0.397. The van der Waals surface area contributed by atoms with Crippen LogP contribution >= 0.6 is 22.7 Å². The van der Waals surface area contributed by atoms with Gasteiger partial charge < -0.3 is 8.98 Å². The molecule has 0 fully saturated rings. The van der Waals surface area contributed by atoms with Crippen LogP contribution in [0.2, 0.25) is 0 Å². The summed E-state index contributed by atoms with van der Waals surface area (Å²) < 4.78 is 14.6. The number of furan rings is 1. The Balaban J connectivity index is 1.22. The van der Waals surface area contributed by atoms with Crippen LogP contribution in [0.3, 0.4) is 0 Å². The molecule has 1 aliphatic rings. The van der Waals surface area contributed by atoms with Gasteiger partial charge in [0.15, 0.2) is 0 Å². The van der Waals surface area contributed by atoms with E-state index >= 15 is 0 Å². The second-order valence-electron chi connectivity index (χ2n) is 12.9. The smallest absolute Gasteiger partial charge is 0.145 e. The molecule has 0 aliphatic heterocycles. The van der Waals surface area contributed by atoms with E-state index in [4.69, 9.17) is 4.42 Å². The number of rotatable bonds is 2. The van der Waals surface area contributed by atoms with E-state index < -0.39 is 0 Å². The number of thiophene rings is 2. The van der Waals surface area contributed by atoms with Gasteiger partial charge in [0.25, 0.3) is 0 Å². The fourth-order valence-electron chi connectivity index (χ4n) is 8.13. The maximum Gasteiger partial charge on any atom is 0.145 e. The topological polar surface area (TPSA) is 18.1 Å². The highest BCUT2D eigenvalue weighted by atomic mass is 32.1. The average Bonchev–Trinajstić information content (AvgIpc) is 3.87. The molecular weight excluding hydrogens is 611 g/mol. The molecule has 1 unspecified atom stereocenters. The lowest BCUT2D eigenvalue weighted by Crippen LogP contribution is -2.03. The van der Waals surface area contributed by atoms with Crippen LogP contribution in [-0.2, 0) is 0 Å². The Bertz CT molecular complexity index is 2950. The summed E-state index contributed by atoms with van der Waals surface area (Å²) in [5.74, 6) is 0.397. The van der Waals surface area contributed by atoms with Gasteiger partial charge in [-0.15, -0.1) is 22.7 Å². The van der Waals surface area contributed by atoms with Crippen LogP contribution in [0, 0.1) is 0 Å². The van der Waals surface area contributed by atoms with Crippen molar-refractivity contribution in [1.29, 1.82) is 0 Å². The third-order valence-corrected chi connectivity index (χ3v) is 12.6. The maximum atomic E-state index is 6.78. The van der Waals surface area contributed by atoms with Crippen LogP contribution in [0.5, 0.6) is 0 Å². The lowest BCUT2D eigenvalue weighted by molar-refractivity contribution is 0.673. The molecular formula is C43H27NOS2. The van der Waals surface area contributed by atoms with Crippen molar-refractivity contribution < 1.29 is 4.42 Å². The number of allylic oxidation sites excluding steroid dienone is 1. The van der Waals surface area contributed by atoms with Gasteiger partial charge in [-0.1, -0.05) is 85.8 Å². The predicted octanol–water partition coefficient (Wildman–Crippen LogP) is 13.5. The Morgan fingerprint density at radius 1 is 0.638 bits per heavy atom. The van der Waals surface area contributed by atoms with E-state index in [1.807, 2.05) is 22.7 Å². The van der Waals surface area contributed by atoms with Crippen molar-refractivity contribution in [2.24, 2.45) is 0 Å². The Labute approximate surface area is 278 Å². The highest BCUT2D eigenvalue weighted by Crippen LogP contribution is 2.52. The zero-order valence-corrected chi connectivity index (χ0v) is 27.2. The Kier molecular flexibility index (Phi) is 5.22. The normalized spacial score (nSPS) is 15.0. The molecule has 2 nitrogen and oxygen atoms in total. The summed E-state index contributed by atoms with van der Waals surface area (Å²) in [7, 11) is 0. The number of benzene rings is 6. The molecule has 6 aromatic carbocycles. The summed E-state index contributed by atoms with van der Waals surface area (Å²) in [6.45, 7) is 2.38. The highest BCUT2D eigenvalue weighted by molar-refractivity contribution is 7.27. The first-order chi connectivity index (χ1) is 23.2. The maximum absolute atomic E-state index is 6.78. The molecule has 0 spiro atoms. The van der Waals surface area contributed by atoms with Gasteiger partial charge in [-0.3, -0.25) is 0 Å². The van der Waals surface area contributed by atoms with Gasteiger partial charge >= 0.3 is 0 Å². The molecule has 0 amide bonds. The number of nitrogens with zero attached hydrogens (tertiary/aromatic N) is 1. The van der Waals surface area contributed by atoms with Crippen LogP contribution in [0.1, 0.15) is 30.5 Å². The molecule has 0 saturated heterocycles. The van der Waals surface area contributed by atoms with Crippen LogP contribution in [0.15, 0.2) is 126 Å².